The van der Waals surface area contributed by atoms with Gasteiger partial charge in [0.2, 0.25) is 0 Å². The summed E-state index contributed by atoms with van der Waals surface area (Å²) in [5.74, 6) is 5.90. The van der Waals surface area contributed by atoms with Gasteiger partial charge in [0.25, 0.3) is 5.91 Å². The Labute approximate surface area is 119 Å². The zero-order valence-corrected chi connectivity index (χ0v) is 12.0. The van der Waals surface area contributed by atoms with Gasteiger partial charge in [0, 0.05) is 31.9 Å². The fourth-order valence-corrected chi connectivity index (χ4v) is 2.45. The van der Waals surface area contributed by atoms with E-state index in [-0.39, 0.29) is 11.9 Å². The molecule has 110 valence electrons. The average molecular weight is 278 g/mol. The van der Waals surface area contributed by atoms with E-state index in [2.05, 4.69) is 27.4 Å². The molecule has 1 aromatic carbocycles. The number of benzene rings is 1. The van der Waals surface area contributed by atoms with Crippen molar-refractivity contribution in [3.8, 4) is 5.75 Å². The van der Waals surface area contributed by atoms with Crippen LogP contribution in [-0.4, -0.2) is 50.1 Å². The van der Waals surface area contributed by atoms with Crippen LogP contribution in [0.25, 0.3) is 0 Å². The third-order valence-electron chi connectivity index (χ3n) is 3.82. The number of ether oxygens (including phenoxy) is 1. The highest BCUT2D eigenvalue weighted by molar-refractivity contribution is 5.80. The van der Waals surface area contributed by atoms with Gasteiger partial charge in [0.15, 0.2) is 0 Å². The molecule has 1 aromatic rings. The van der Waals surface area contributed by atoms with Crippen LogP contribution < -0.4 is 20.9 Å². The number of methoxy groups -OCH3 is 1. The second kappa shape index (κ2) is 6.58. The number of piperazine rings is 1. The predicted molar refractivity (Wildman–Crippen MR) is 78.6 cm³/mol. The number of hydrogen-bond acceptors (Lipinski definition) is 5. The number of carbonyl (C=O) groups excluding carboxylic acids is 1. The van der Waals surface area contributed by atoms with E-state index in [1.807, 2.05) is 19.1 Å². The van der Waals surface area contributed by atoms with Crippen molar-refractivity contribution >= 4 is 11.6 Å². The van der Waals surface area contributed by atoms with Gasteiger partial charge < -0.3 is 9.64 Å². The van der Waals surface area contributed by atoms with Crippen LogP contribution in [0.4, 0.5) is 5.69 Å². The molecule has 2 rings (SSSR count). The first-order valence-electron chi connectivity index (χ1n) is 6.79. The van der Waals surface area contributed by atoms with Gasteiger partial charge in [-0.2, -0.15) is 0 Å². The molecule has 1 saturated heterocycles. The third kappa shape index (κ3) is 3.20. The summed E-state index contributed by atoms with van der Waals surface area (Å²) in [6.45, 7) is 5.37. The molecule has 0 radical (unpaired) electrons. The highest BCUT2D eigenvalue weighted by Crippen LogP contribution is 2.20. The number of nitrogens with one attached hydrogen (secondary N) is 1. The van der Waals surface area contributed by atoms with Gasteiger partial charge in [-0.25, -0.2) is 5.84 Å². The minimum atomic E-state index is -0.182. The molecule has 1 aliphatic heterocycles. The Hall–Kier alpha value is -1.79. The second-order valence-electron chi connectivity index (χ2n) is 4.91. The lowest BCUT2D eigenvalue weighted by atomic mass is 10.2. The minimum absolute atomic E-state index is 0.136. The lowest BCUT2D eigenvalue weighted by Gasteiger charge is -2.38. The number of hydrogen-bond donors (Lipinski definition) is 2. The van der Waals surface area contributed by atoms with E-state index < -0.39 is 0 Å². The van der Waals surface area contributed by atoms with Crippen molar-refractivity contribution in [2.24, 2.45) is 5.84 Å². The highest BCUT2D eigenvalue weighted by atomic mass is 16.5. The molecule has 6 nitrogen and oxygen atoms in total. The third-order valence-corrected chi connectivity index (χ3v) is 3.82. The number of carbonyl (C=O) groups is 1. The van der Waals surface area contributed by atoms with Crippen molar-refractivity contribution in [3.63, 3.8) is 0 Å². The molecule has 1 aliphatic rings. The summed E-state index contributed by atoms with van der Waals surface area (Å²) in [6, 6.07) is 7.87. The topological polar surface area (TPSA) is 70.8 Å². The summed E-state index contributed by atoms with van der Waals surface area (Å²) < 4.78 is 5.16. The van der Waals surface area contributed by atoms with Gasteiger partial charge in [0.1, 0.15) is 5.75 Å². The standard InChI is InChI=1S/C14H22N4O2/c1-11(14(19)16-15)17-7-9-18(10-8-17)12-3-5-13(20-2)6-4-12/h3-6,11H,7-10,15H2,1-2H3,(H,16,19). The Morgan fingerprint density at radius 1 is 1.25 bits per heavy atom. The first-order chi connectivity index (χ1) is 9.65. The van der Waals surface area contributed by atoms with Crippen LogP contribution in [0.3, 0.4) is 0 Å². The quantitative estimate of drug-likeness (QED) is 0.467. The highest BCUT2D eigenvalue weighted by Gasteiger charge is 2.25. The number of rotatable bonds is 4. The Morgan fingerprint density at radius 3 is 2.35 bits per heavy atom. The number of anilines is 1. The average Bonchev–Trinajstić information content (AvgIpc) is 2.53. The van der Waals surface area contributed by atoms with Crippen molar-refractivity contribution in [2.45, 2.75) is 13.0 Å². The Balaban J connectivity index is 1.91. The Bertz CT molecular complexity index is 441. The number of nitrogens with two attached hydrogens (primary N) is 1. The van der Waals surface area contributed by atoms with Gasteiger partial charge in [-0.1, -0.05) is 0 Å². The smallest absolute Gasteiger partial charge is 0.250 e. The molecule has 1 unspecified atom stereocenters. The first-order valence-corrected chi connectivity index (χ1v) is 6.79. The van der Waals surface area contributed by atoms with Gasteiger partial charge >= 0.3 is 0 Å². The van der Waals surface area contributed by atoms with Crippen LogP contribution in [-0.2, 0) is 4.79 Å². The molecule has 1 amide bonds. The maximum Gasteiger partial charge on any atom is 0.250 e. The van der Waals surface area contributed by atoms with E-state index in [4.69, 9.17) is 10.6 Å². The van der Waals surface area contributed by atoms with Crippen LogP contribution in [0.15, 0.2) is 24.3 Å². The molecule has 0 saturated carbocycles. The van der Waals surface area contributed by atoms with Gasteiger partial charge in [-0.05, 0) is 31.2 Å². The zero-order valence-electron chi connectivity index (χ0n) is 12.0. The molecule has 1 atom stereocenters. The molecule has 0 aromatic heterocycles. The summed E-state index contributed by atoms with van der Waals surface area (Å²) in [5, 5.41) is 0. The molecule has 0 spiro atoms. The monoisotopic (exact) mass is 278 g/mol. The van der Waals surface area contributed by atoms with Gasteiger partial charge in [-0.15, -0.1) is 0 Å². The summed E-state index contributed by atoms with van der Waals surface area (Å²) in [4.78, 5) is 16.0. The van der Waals surface area contributed by atoms with Crippen molar-refractivity contribution in [1.82, 2.24) is 10.3 Å². The van der Waals surface area contributed by atoms with Crippen molar-refractivity contribution in [1.29, 1.82) is 0 Å². The van der Waals surface area contributed by atoms with Crippen molar-refractivity contribution in [3.05, 3.63) is 24.3 Å². The van der Waals surface area contributed by atoms with Crippen LogP contribution in [0.2, 0.25) is 0 Å². The molecular weight excluding hydrogens is 256 g/mol. The van der Waals surface area contributed by atoms with Crippen LogP contribution in [0.1, 0.15) is 6.92 Å². The normalized spacial score (nSPS) is 17.6. The molecule has 1 heterocycles. The molecule has 1 fully saturated rings. The van der Waals surface area contributed by atoms with Crippen molar-refractivity contribution < 1.29 is 9.53 Å². The Kier molecular flexibility index (Phi) is 4.81. The van der Waals surface area contributed by atoms with E-state index >= 15 is 0 Å². The number of hydrazine groups is 1. The molecule has 6 heteroatoms. The van der Waals surface area contributed by atoms with E-state index in [9.17, 15) is 4.79 Å². The summed E-state index contributed by atoms with van der Waals surface area (Å²) in [7, 11) is 1.66. The second-order valence-corrected chi connectivity index (χ2v) is 4.91. The summed E-state index contributed by atoms with van der Waals surface area (Å²) in [6.07, 6.45) is 0. The molecule has 0 bridgehead atoms. The fraction of sp³-hybridized carbons (Fsp3) is 0.500. The maximum absolute atomic E-state index is 11.5. The molecule has 3 N–H and O–H groups in total. The van der Waals surface area contributed by atoms with Gasteiger partial charge in [0.05, 0.1) is 13.2 Å². The molecular formula is C14H22N4O2. The minimum Gasteiger partial charge on any atom is -0.497 e. The number of nitrogens with zero attached hydrogens (tertiary/aromatic N) is 2. The zero-order chi connectivity index (χ0) is 14.5. The summed E-state index contributed by atoms with van der Waals surface area (Å²) >= 11 is 0. The van der Waals surface area contributed by atoms with E-state index in [1.165, 1.54) is 5.69 Å². The Morgan fingerprint density at radius 2 is 1.85 bits per heavy atom. The predicted octanol–water partition coefficient (Wildman–Crippen LogP) is 0.196. The first kappa shape index (κ1) is 14.6. The molecule has 0 aliphatic carbocycles. The van der Waals surface area contributed by atoms with Crippen molar-refractivity contribution in [2.75, 3.05) is 38.2 Å². The lowest BCUT2D eigenvalue weighted by Crippen LogP contribution is -2.54. The van der Waals surface area contributed by atoms with E-state index in [0.717, 1.165) is 31.9 Å². The van der Waals surface area contributed by atoms with E-state index in [0.29, 0.717) is 0 Å². The summed E-state index contributed by atoms with van der Waals surface area (Å²) in [5.41, 5.74) is 3.39. The SMILES string of the molecule is COc1ccc(N2CCN(C(C)C(=O)NN)CC2)cc1. The number of amides is 1. The van der Waals surface area contributed by atoms with Crippen LogP contribution >= 0.6 is 0 Å². The lowest BCUT2D eigenvalue weighted by molar-refractivity contribution is -0.126. The van der Waals surface area contributed by atoms with Crippen LogP contribution in [0.5, 0.6) is 5.75 Å². The maximum atomic E-state index is 11.5. The van der Waals surface area contributed by atoms with Crippen LogP contribution in [0, 0.1) is 0 Å². The van der Waals surface area contributed by atoms with Gasteiger partial charge in [-0.3, -0.25) is 15.1 Å². The molecule has 20 heavy (non-hydrogen) atoms. The van der Waals surface area contributed by atoms with E-state index in [1.54, 1.807) is 7.11 Å². The fourth-order valence-electron chi connectivity index (χ4n) is 2.45. The largest absolute Gasteiger partial charge is 0.497 e.